The van der Waals surface area contributed by atoms with Gasteiger partial charge >= 0.3 is 5.69 Å². The van der Waals surface area contributed by atoms with Crippen LogP contribution in [-0.4, -0.2) is 39.3 Å². The first-order valence-electron chi connectivity index (χ1n) is 6.46. The maximum Gasteiger partial charge on any atom is 0.333 e. The third kappa shape index (κ3) is 5.20. The molecule has 0 aliphatic rings. The summed E-state index contributed by atoms with van der Waals surface area (Å²) in [6.07, 6.45) is 0.731. The van der Waals surface area contributed by atoms with E-state index in [0.717, 1.165) is 6.42 Å². The molecule has 0 saturated heterocycles. The maximum atomic E-state index is 11.3. The molecule has 0 saturated carbocycles. The fourth-order valence-corrected chi connectivity index (χ4v) is 2.18. The predicted molar refractivity (Wildman–Crippen MR) is 80.2 cm³/mol. The molecule has 0 aliphatic carbocycles. The second kappa shape index (κ2) is 7.79. The predicted octanol–water partition coefficient (Wildman–Crippen LogP) is 1.34. The third-order valence-electron chi connectivity index (χ3n) is 2.64. The van der Waals surface area contributed by atoms with Crippen LogP contribution in [0, 0.1) is 10.1 Å². The minimum Gasteiger partial charge on any atom is -0.487 e. The lowest BCUT2D eigenvalue weighted by Gasteiger charge is -2.11. The minimum absolute atomic E-state index is 0.0568. The molecule has 2 N–H and O–H groups in total. The van der Waals surface area contributed by atoms with Crippen LogP contribution in [0.3, 0.4) is 0 Å². The molecule has 0 aliphatic heterocycles. The van der Waals surface area contributed by atoms with Gasteiger partial charge in [-0.25, -0.2) is 13.1 Å². The molecule has 0 spiro atoms. The first kappa shape index (κ1) is 17.2. The van der Waals surface area contributed by atoms with Gasteiger partial charge in [-0.2, -0.15) is 0 Å². The Morgan fingerprint density at radius 2 is 2.10 bits per heavy atom. The Hall–Kier alpha value is -1.87. The number of nitrogens with one attached hydrogen (secondary N) is 2. The Morgan fingerprint density at radius 1 is 1.38 bits per heavy atom. The fraction of sp³-hybridized carbons (Fsp3) is 0.500. The molecule has 0 heterocycles. The second-order valence-corrected chi connectivity index (χ2v) is 6.25. The number of benzene rings is 1. The van der Waals surface area contributed by atoms with Crippen molar-refractivity contribution in [2.75, 3.05) is 31.3 Å². The lowest BCUT2D eigenvalue weighted by molar-refractivity contribution is -0.385. The number of para-hydroxylation sites is 1. The molecule has 8 nitrogen and oxygen atoms in total. The van der Waals surface area contributed by atoms with Gasteiger partial charge in [0, 0.05) is 6.54 Å². The van der Waals surface area contributed by atoms with Gasteiger partial charge in [0.25, 0.3) is 0 Å². The zero-order valence-corrected chi connectivity index (χ0v) is 12.8. The average molecular weight is 317 g/mol. The highest BCUT2D eigenvalue weighted by Crippen LogP contribution is 2.34. The molecule has 0 radical (unpaired) electrons. The SMILES string of the molecule is CCCOc1cccc(NCCS(=O)(=O)NC)c1[N+](=O)[O-]. The summed E-state index contributed by atoms with van der Waals surface area (Å²) < 4.78 is 30.1. The summed E-state index contributed by atoms with van der Waals surface area (Å²) in [4.78, 5) is 10.6. The van der Waals surface area contributed by atoms with Crippen molar-refractivity contribution in [2.24, 2.45) is 0 Å². The molecule has 9 heteroatoms. The van der Waals surface area contributed by atoms with Crippen LogP contribution in [0.2, 0.25) is 0 Å². The van der Waals surface area contributed by atoms with E-state index in [1.54, 1.807) is 6.07 Å². The van der Waals surface area contributed by atoms with Crippen LogP contribution in [0.25, 0.3) is 0 Å². The van der Waals surface area contributed by atoms with E-state index >= 15 is 0 Å². The lowest BCUT2D eigenvalue weighted by atomic mass is 10.2. The quantitative estimate of drug-likeness (QED) is 0.525. The number of rotatable bonds is 9. The Labute approximate surface area is 123 Å². The van der Waals surface area contributed by atoms with Crippen molar-refractivity contribution >= 4 is 21.4 Å². The van der Waals surface area contributed by atoms with Gasteiger partial charge in [-0.05, 0) is 25.6 Å². The average Bonchev–Trinajstić information content (AvgIpc) is 2.44. The van der Waals surface area contributed by atoms with E-state index in [-0.39, 0.29) is 29.4 Å². The second-order valence-electron chi connectivity index (χ2n) is 4.21. The Bertz CT molecular complexity index is 589. The smallest absolute Gasteiger partial charge is 0.333 e. The molecular weight excluding hydrogens is 298 g/mol. The van der Waals surface area contributed by atoms with E-state index in [1.807, 2.05) is 6.92 Å². The molecule has 0 atom stereocenters. The summed E-state index contributed by atoms with van der Waals surface area (Å²) in [5.41, 5.74) is 0.0488. The topological polar surface area (TPSA) is 111 Å². The van der Waals surface area contributed by atoms with Crippen molar-refractivity contribution in [3.63, 3.8) is 0 Å². The number of hydrogen-bond acceptors (Lipinski definition) is 6. The van der Waals surface area contributed by atoms with E-state index in [4.69, 9.17) is 4.74 Å². The van der Waals surface area contributed by atoms with Crippen LogP contribution in [0.1, 0.15) is 13.3 Å². The lowest BCUT2D eigenvalue weighted by Crippen LogP contribution is -2.26. The van der Waals surface area contributed by atoms with Crippen molar-refractivity contribution in [2.45, 2.75) is 13.3 Å². The number of nitro benzene ring substituents is 1. The van der Waals surface area contributed by atoms with Crippen LogP contribution in [0.4, 0.5) is 11.4 Å². The molecule has 118 valence electrons. The van der Waals surface area contributed by atoms with Crippen molar-refractivity contribution in [3.05, 3.63) is 28.3 Å². The molecule has 1 rings (SSSR count). The minimum atomic E-state index is -3.36. The summed E-state index contributed by atoms with van der Waals surface area (Å²) in [5, 5.41) is 13.9. The molecule has 1 aromatic rings. The third-order valence-corrected chi connectivity index (χ3v) is 4.00. The van der Waals surface area contributed by atoms with Gasteiger partial charge in [-0.3, -0.25) is 10.1 Å². The highest BCUT2D eigenvalue weighted by molar-refractivity contribution is 7.89. The maximum absolute atomic E-state index is 11.3. The van der Waals surface area contributed by atoms with E-state index in [2.05, 4.69) is 10.0 Å². The van der Waals surface area contributed by atoms with E-state index in [9.17, 15) is 18.5 Å². The Kier molecular flexibility index (Phi) is 6.38. The summed E-state index contributed by atoms with van der Waals surface area (Å²) in [5.74, 6) is -0.0101. The van der Waals surface area contributed by atoms with Gasteiger partial charge in [0.2, 0.25) is 10.0 Å². The fourth-order valence-electron chi connectivity index (χ4n) is 1.60. The summed E-state index contributed by atoms with van der Waals surface area (Å²) in [6.45, 7) is 2.33. The van der Waals surface area contributed by atoms with Crippen molar-refractivity contribution in [3.8, 4) is 5.75 Å². The van der Waals surface area contributed by atoms with Crippen LogP contribution in [0.15, 0.2) is 18.2 Å². The first-order chi connectivity index (χ1) is 9.91. The summed E-state index contributed by atoms with van der Waals surface area (Å²) in [7, 11) is -2.04. The summed E-state index contributed by atoms with van der Waals surface area (Å²) >= 11 is 0. The molecular formula is C12H19N3O5S. The molecule has 0 bridgehead atoms. The molecule has 0 amide bonds. The Morgan fingerprint density at radius 3 is 2.67 bits per heavy atom. The van der Waals surface area contributed by atoms with Gasteiger partial charge in [-0.1, -0.05) is 13.0 Å². The van der Waals surface area contributed by atoms with Crippen LogP contribution in [-0.2, 0) is 10.0 Å². The molecule has 0 fully saturated rings. The number of hydrogen-bond donors (Lipinski definition) is 2. The molecule has 1 aromatic carbocycles. The first-order valence-corrected chi connectivity index (χ1v) is 8.11. The van der Waals surface area contributed by atoms with E-state index < -0.39 is 14.9 Å². The highest BCUT2D eigenvalue weighted by atomic mass is 32.2. The number of ether oxygens (including phenoxy) is 1. The van der Waals surface area contributed by atoms with Gasteiger partial charge in [0.1, 0.15) is 5.69 Å². The number of nitrogens with zero attached hydrogens (tertiary/aromatic N) is 1. The number of anilines is 1. The monoisotopic (exact) mass is 317 g/mol. The van der Waals surface area contributed by atoms with Gasteiger partial charge < -0.3 is 10.1 Å². The number of nitro groups is 1. The molecule has 0 unspecified atom stereocenters. The van der Waals surface area contributed by atoms with Crippen LogP contribution >= 0.6 is 0 Å². The van der Waals surface area contributed by atoms with Gasteiger partial charge in [0.05, 0.1) is 17.3 Å². The molecule has 21 heavy (non-hydrogen) atoms. The number of sulfonamides is 1. The van der Waals surface area contributed by atoms with Crippen LogP contribution in [0.5, 0.6) is 5.75 Å². The molecule has 0 aromatic heterocycles. The highest BCUT2D eigenvalue weighted by Gasteiger charge is 2.21. The van der Waals surface area contributed by atoms with E-state index in [0.29, 0.717) is 6.61 Å². The normalized spacial score (nSPS) is 11.1. The largest absolute Gasteiger partial charge is 0.487 e. The Balaban J connectivity index is 2.88. The van der Waals surface area contributed by atoms with Gasteiger partial charge in [-0.15, -0.1) is 0 Å². The zero-order chi connectivity index (χ0) is 15.9. The van der Waals surface area contributed by atoms with Crippen molar-refractivity contribution < 1.29 is 18.1 Å². The van der Waals surface area contributed by atoms with Crippen molar-refractivity contribution in [1.29, 1.82) is 0 Å². The van der Waals surface area contributed by atoms with Crippen molar-refractivity contribution in [1.82, 2.24) is 4.72 Å². The van der Waals surface area contributed by atoms with Crippen LogP contribution < -0.4 is 14.8 Å². The summed E-state index contributed by atoms with van der Waals surface area (Å²) in [6, 6.07) is 4.65. The standard InChI is InChI=1S/C12H19N3O5S/c1-3-8-20-11-6-4-5-10(12(11)15(16)17)14-7-9-21(18,19)13-2/h4-6,13-14H,3,7-9H2,1-2H3. The van der Waals surface area contributed by atoms with E-state index in [1.165, 1.54) is 19.2 Å². The zero-order valence-electron chi connectivity index (χ0n) is 12.0. The van der Waals surface area contributed by atoms with Gasteiger partial charge in [0.15, 0.2) is 5.75 Å².